The fraction of sp³-hybridized carbons (Fsp3) is 0.227. The van der Waals surface area contributed by atoms with Gasteiger partial charge in [-0.15, -0.1) is 0 Å². The highest BCUT2D eigenvalue weighted by Gasteiger charge is 2.51. The number of benzene rings is 5. The first-order valence-electron chi connectivity index (χ1n) is 17.3. The quantitative estimate of drug-likeness (QED) is 0.186. The molecule has 0 unspecified atom stereocenters. The third kappa shape index (κ3) is 5.20. The van der Waals surface area contributed by atoms with E-state index >= 15 is 0 Å². The highest BCUT2D eigenvalue weighted by Crippen LogP contribution is 2.60. The zero-order valence-corrected chi connectivity index (χ0v) is 26.9. The van der Waals surface area contributed by atoms with E-state index in [1.54, 1.807) is 0 Å². The van der Waals surface area contributed by atoms with Crippen molar-refractivity contribution in [1.29, 1.82) is 5.26 Å². The van der Waals surface area contributed by atoms with Gasteiger partial charge in [0.05, 0.1) is 11.6 Å². The lowest BCUT2D eigenvalue weighted by atomic mass is 9.48. The number of nitriles is 1. The molecule has 0 amide bonds. The molecule has 4 bridgehead atoms. The second-order valence-electron chi connectivity index (χ2n) is 14.3. The highest BCUT2D eigenvalue weighted by atomic mass is 15.0. The molecule has 0 saturated heterocycles. The van der Waals surface area contributed by atoms with Crippen LogP contribution in [0.4, 0.5) is 0 Å². The fourth-order valence-corrected chi connectivity index (χ4v) is 9.30. The van der Waals surface area contributed by atoms with Crippen molar-refractivity contribution in [2.75, 3.05) is 0 Å². The maximum absolute atomic E-state index is 9.35. The normalized spacial score (nSPS) is 22.4. The summed E-state index contributed by atoms with van der Waals surface area (Å²) in [6.45, 7) is 0. The SMILES string of the molecule is N#Cc1ccc(-c2ccc(-c3nc(-c4ccccc4)nc(-c4ccc(C56C[C@H]7C[C@@H](C5)C[C@@H](C6)C7)cc4)n3)cc2-c2ccccc2)cc1. The van der Waals surface area contributed by atoms with Gasteiger partial charge in [-0.05, 0) is 108 Å². The van der Waals surface area contributed by atoms with E-state index in [1.807, 2.05) is 48.5 Å². The topological polar surface area (TPSA) is 62.5 Å². The van der Waals surface area contributed by atoms with Crippen molar-refractivity contribution in [3.05, 3.63) is 139 Å². The van der Waals surface area contributed by atoms with Crippen LogP contribution in [0, 0.1) is 29.1 Å². The van der Waals surface area contributed by atoms with Gasteiger partial charge in [0.15, 0.2) is 17.5 Å². The summed E-state index contributed by atoms with van der Waals surface area (Å²) in [6.07, 6.45) is 8.42. The predicted octanol–water partition coefficient (Wildman–Crippen LogP) is 10.5. The zero-order valence-electron chi connectivity index (χ0n) is 26.9. The van der Waals surface area contributed by atoms with Gasteiger partial charge in [0.2, 0.25) is 0 Å². The Hall–Kier alpha value is -5.40. The molecule has 4 fully saturated rings. The first-order chi connectivity index (χ1) is 23.6. The number of hydrogen-bond acceptors (Lipinski definition) is 4. The minimum atomic E-state index is 0.358. The van der Waals surface area contributed by atoms with E-state index in [1.165, 1.54) is 44.1 Å². The molecule has 0 radical (unpaired) electrons. The van der Waals surface area contributed by atoms with Crippen molar-refractivity contribution in [3.8, 4) is 62.5 Å². The minimum absolute atomic E-state index is 0.358. The second kappa shape index (κ2) is 11.7. The third-order valence-electron chi connectivity index (χ3n) is 11.1. The van der Waals surface area contributed by atoms with Crippen LogP contribution in [0.3, 0.4) is 0 Å². The zero-order chi connectivity index (χ0) is 32.1. The van der Waals surface area contributed by atoms with Crippen molar-refractivity contribution >= 4 is 0 Å². The van der Waals surface area contributed by atoms with Crippen LogP contribution in [0.1, 0.15) is 49.7 Å². The molecule has 232 valence electrons. The van der Waals surface area contributed by atoms with Gasteiger partial charge in [-0.25, -0.2) is 15.0 Å². The average Bonchev–Trinajstić information content (AvgIpc) is 3.15. The number of hydrogen-bond donors (Lipinski definition) is 0. The molecule has 4 aliphatic carbocycles. The largest absolute Gasteiger partial charge is 0.208 e. The molecule has 10 rings (SSSR count). The Morgan fingerprint density at radius 2 is 0.938 bits per heavy atom. The minimum Gasteiger partial charge on any atom is -0.208 e. The molecule has 4 heteroatoms. The lowest BCUT2D eigenvalue weighted by Crippen LogP contribution is -2.48. The average molecular weight is 621 g/mol. The molecule has 0 spiro atoms. The van der Waals surface area contributed by atoms with Crippen LogP contribution in [-0.2, 0) is 5.41 Å². The van der Waals surface area contributed by atoms with E-state index in [0.29, 0.717) is 28.5 Å². The molecule has 5 aromatic carbocycles. The molecule has 0 aliphatic heterocycles. The summed E-state index contributed by atoms with van der Waals surface area (Å²) < 4.78 is 0. The van der Waals surface area contributed by atoms with Gasteiger partial charge in [0.1, 0.15) is 0 Å². The van der Waals surface area contributed by atoms with E-state index in [-0.39, 0.29) is 0 Å². The summed E-state index contributed by atoms with van der Waals surface area (Å²) in [4.78, 5) is 15.2. The molecule has 4 saturated carbocycles. The maximum atomic E-state index is 9.35. The van der Waals surface area contributed by atoms with Crippen molar-refractivity contribution in [3.63, 3.8) is 0 Å². The van der Waals surface area contributed by atoms with Crippen LogP contribution in [-0.4, -0.2) is 15.0 Å². The number of aromatic nitrogens is 3. The van der Waals surface area contributed by atoms with Crippen LogP contribution in [0.5, 0.6) is 0 Å². The third-order valence-corrected chi connectivity index (χ3v) is 11.1. The van der Waals surface area contributed by atoms with Crippen LogP contribution >= 0.6 is 0 Å². The first kappa shape index (κ1) is 28.8. The molecule has 0 N–H and O–H groups in total. The van der Waals surface area contributed by atoms with Crippen LogP contribution < -0.4 is 0 Å². The van der Waals surface area contributed by atoms with Crippen molar-refractivity contribution in [2.24, 2.45) is 17.8 Å². The number of rotatable bonds is 6. The van der Waals surface area contributed by atoms with Crippen LogP contribution in [0.15, 0.2) is 127 Å². The second-order valence-corrected chi connectivity index (χ2v) is 14.3. The summed E-state index contributed by atoms with van der Waals surface area (Å²) in [7, 11) is 0. The Morgan fingerprint density at radius 1 is 0.479 bits per heavy atom. The smallest absolute Gasteiger partial charge is 0.164 e. The molecule has 4 aliphatic rings. The van der Waals surface area contributed by atoms with Gasteiger partial charge in [-0.1, -0.05) is 109 Å². The van der Waals surface area contributed by atoms with E-state index in [0.717, 1.165) is 56.7 Å². The fourth-order valence-electron chi connectivity index (χ4n) is 9.30. The van der Waals surface area contributed by atoms with Gasteiger partial charge in [0.25, 0.3) is 0 Å². The van der Waals surface area contributed by atoms with Gasteiger partial charge < -0.3 is 0 Å². The van der Waals surface area contributed by atoms with Gasteiger partial charge in [0, 0.05) is 16.7 Å². The molecule has 1 aromatic heterocycles. The highest BCUT2D eigenvalue weighted by molar-refractivity contribution is 5.86. The standard InChI is InChI=1S/C44H36N4/c45-28-29-11-13-34(14-12-29)39-20-17-37(24-40(39)33-7-3-1-4-8-33)43-47-41(35-9-5-2-6-10-35)46-42(48-43)36-15-18-38(19-16-36)44-25-30-21-31(26-44)23-32(22-30)27-44/h1-20,24,30-32H,21-23,25-27H2/t30-,31+,32-,44?. The lowest BCUT2D eigenvalue weighted by molar-refractivity contribution is -0.00518. The Morgan fingerprint density at radius 3 is 1.50 bits per heavy atom. The molecule has 6 aromatic rings. The molecule has 48 heavy (non-hydrogen) atoms. The van der Waals surface area contributed by atoms with Gasteiger partial charge >= 0.3 is 0 Å². The van der Waals surface area contributed by atoms with E-state index in [4.69, 9.17) is 15.0 Å². The lowest BCUT2D eigenvalue weighted by Gasteiger charge is -2.57. The van der Waals surface area contributed by atoms with Crippen molar-refractivity contribution < 1.29 is 0 Å². The Balaban J connectivity index is 1.14. The Bertz CT molecular complexity index is 2110. The summed E-state index contributed by atoms with van der Waals surface area (Å²) >= 11 is 0. The first-order valence-corrected chi connectivity index (χ1v) is 17.3. The Labute approximate surface area is 282 Å². The van der Waals surface area contributed by atoms with Crippen molar-refractivity contribution in [1.82, 2.24) is 15.0 Å². The van der Waals surface area contributed by atoms with E-state index in [9.17, 15) is 5.26 Å². The van der Waals surface area contributed by atoms with E-state index in [2.05, 4.69) is 84.9 Å². The monoisotopic (exact) mass is 620 g/mol. The van der Waals surface area contributed by atoms with E-state index < -0.39 is 0 Å². The summed E-state index contributed by atoms with van der Waals surface area (Å²) in [5.74, 6) is 4.75. The predicted molar refractivity (Wildman–Crippen MR) is 192 cm³/mol. The summed E-state index contributed by atoms with van der Waals surface area (Å²) in [5, 5.41) is 9.35. The van der Waals surface area contributed by atoms with Crippen LogP contribution in [0.2, 0.25) is 0 Å². The summed E-state index contributed by atoms with van der Waals surface area (Å²) in [6, 6.07) is 46.3. The summed E-state index contributed by atoms with van der Waals surface area (Å²) in [5.41, 5.74) is 9.76. The van der Waals surface area contributed by atoms with Gasteiger partial charge in [-0.3, -0.25) is 0 Å². The molecule has 0 atom stereocenters. The van der Waals surface area contributed by atoms with Crippen molar-refractivity contribution in [2.45, 2.75) is 43.9 Å². The van der Waals surface area contributed by atoms with Crippen LogP contribution in [0.25, 0.3) is 56.4 Å². The number of nitrogens with zero attached hydrogens (tertiary/aromatic N) is 4. The maximum Gasteiger partial charge on any atom is 0.164 e. The molecule has 4 nitrogen and oxygen atoms in total. The molecular formula is C44H36N4. The van der Waals surface area contributed by atoms with Gasteiger partial charge in [-0.2, -0.15) is 5.26 Å². The Kier molecular flexibility index (Phi) is 7.01. The molecular weight excluding hydrogens is 585 g/mol. The molecule has 1 heterocycles.